The highest BCUT2D eigenvalue weighted by atomic mass is 32.2. The number of rotatable bonds is 7. The van der Waals surface area contributed by atoms with Crippen molar-refractivity contribution in [1.29, 1.82) is 0 Å². The van der Waals surface area contributed by atoms with E-state index >= 15 is 0 Å². The first-order chi connectivity index (χ1) is 14.3. The van der Waals surface area contributed by atoms with E-state index in [1.807, 2.05) is 0 Å². The molecule has 1 aromatic heterocycles. The van der Waals surface area contributed by atoms with E-state index in [9.17, 15) is 17.6 Å². The second-order valence-corrected chi connectivity index (χ2v) is 8.11. The van der Waals surface area contributed by atoms with Crippen molar-refractivity contribution in [2.24, 2.45) is 0 Å². The fraction of sp³-hybridized carbons (Fsp3) is 0.143. The van der Waals surface area contributed by atoms with Crippen LogP contribution in [0, 0.1) is 12.7 Å². The lowest BCUT2D eigenvalue weighted by atomic mass is 10.2. The van der Waals surface area contributed by atoms with Crippen LogP contribution in [0.4, 0.5) is 15.8 Å². The predicted octanol–water partition coefficient (Wildman–Crippen LogP) is 4.44. The molecule has 0 saturated carbocycles. The summed E-state index contributed by atoms with van der Waals surface area (Å²) in [4.78, 5) is 11.7. The number of anilines is 2. The van der Waals surface area contributed by atoms with Crippen LogP contribution in [0.5, 0.6) is 0 Å². The molecule has 3 rings (SSSR count). The van der Waals surface area contributed by atoms with Crippen molar-refractivity contribution >= 4 is 39.5 Å². The molecule has 1 heterocycles. The third-order valence-corrected chi connectivity index (χ3v) is 5.57. The highest BCUT2D eigenvalue weighted by Gasteiger charge is 2.15. The third-order valence-electron chi connectivity index (χ3n) is 4.17. The topological polar surface area (TPSA) is 101 Å². The third kappa shape index (κ3) is 5.12. The maximum absolute atomic E-state index is 13.3. The molecule has 9 heteroatoms. The standard InChI is InChI=1S/C21H20FN3O4S/c1-3-20(26)23-21-14(2)24-29-19(21)12-9-15-7-10-18(11-8-15)30(27,28)25-17-6-4-5-16(22)13-17/h4-13,25H,3H2,1-2H3,(H,23,26). The van der Waals surface area contributed by atoms with Gasteiger partial charge in [0.15, 0.2) is 5.76 Å². The minimum Gasteiger partial charge on any atom is -0.354 e. The Kier molecular flexibility index (Phi) is 6.31. The molecule has 1 amide bonds. The van der Waals surface area contributed by atoms with Gasteiger partial charge in [0, 0.05) is 6.42 Å². The Morgan fingerprint density at radius 2 is 1.90 bits per heavy atom. The Bertz CT molecular complexity index is 1190. The summed E-state index contributed by atoms with van der Waals surface area (Å²) >= 11 is 0. The molecular weight excluding hydrogens is 409 g/mol. The van der Waals surface area contributed by atoms with Crippen molar-refractivity contribution in [2.75, 3.05) is 10.0 Å². The van der Waals surface area contributed by atoms with E-state index in [0.717, 1.165) is 6.07 Å². The average Bonchev–Trinajstić information content (AvgIpc) is 3.05. The molecule has 0 spiro atoms. The van der Waals surface area contributed by atoms with E-state index in [2.05, 4.69) is 15.2 Å². The summed E-state index contributed by atoms with van der Waals surface area (Å²) in [5, 5.41) is 6.59. The average molecular weight is 429 g/mol. The van der Waals surface area contributed by atoms with Gasteiger partial charge in [-0.1, -0.05) is 36.4 Å². The number of sulfonamides is 1. The molecule has 0 fully saturated rings. The van der Waals surface area contributed by atoms with Crippen LogP contribution in [0.1, 0.15) is 30.4 Å². The molecule has 0 unspecified atom stereocenters. The molecule has 0 aliphatic rings. The van der Waals surface area contributed by atoms with Gasteiger partial charge in [-0.3, -0.25) is 9.52 Å². The van der Waals surface area contributed by atoms with Crippen molar-refractivity contribution in [3.8, 4) is 0 Å². The minimum absolute atomic E-state index is 0.0373. The van der Waals surface area contributed by atoms with Gasteiger partial charge >= 0.3 is 0 Å². The summed E-state index contributed by atoms with van der Waals surface area (Å²) in [7, 11) is -3.85. The quantitative estimate of drug-likeness (QED) is 0.578. The summed E-state index contributed by atoms with van der Waals surface area (Å²) < 4.78 is 45.8. The first-order valence-electron chi connectivity index (χ1n) is 9.11. The van der Waals surface area contributed by atoms with Crippen LogP contribution in [0.15, 0.2) is 57.9 Å². The number of halogens is 1. The van der Waals surface area contributed by atoms with Crippen molar-refractivity contribution in [1.82, 2.24) is 5.16 Å². The fourth-order valence-corrected chi connectivity index (χ4v) is 3.63. The summed E-state index contributed by atoms with van der Waals surface area (Å²) in [6, 6.07) is 11.3. The van der Waals surface area contributed by atoms with E-state index in [1.165, 1.54) is 30.3 Å². The summed E-state index contributed by atoms with van der Waals surface area (Å²) in [5.41, 5.74) is 1.90. The Morgan fingerprint density at radius 3 is 2.57 bits per heavy atom. The molecule has 0 atom stereocenters. The van der Waals surface area contributed by atoms with Gasteiger partial charge < -0.3 is 9.84 Å². The van der Waals surface area contributed by atoms with Crippen molar-refractivity contribution < 1.29 is 22.1 Å². The summed E-state index contributed by atoms with van der Waals surface area (Å²) in [6.07, 6.45) is 3.67. The van der Waals surface area contributed by atoms with E-state index in [1.54, 1.807) is 38.1 Å². The zero-order valence-corrected chi connectivity index (χ0v) is 17.2. The number of hydrogen-bond acceptors (Lipinski definition) is 5. The molecule has 7 nitrogen and oxygen atoms in total. The van der Waals surface area contributed by atoms with Gasteiger partial charge in [0.05, 0.1) is 10.6 Å². The number of nitrogens with one attached hydrogen (secondary N) is 2. The highest BCUT2D eigenvalue weighted by molar-refractivity contribution is 7.92. The number of hydrogen-bond donors (Lipinski definition) is 2. The molecule has 0 bridgehead atoms. The van der Waals surface area contributed by atoms with Crippen LogP contribution in [0.2, 0.25) is 0 Å². The number of carbonyl (C=O) groups excluding carboxylic acids is 1. The monoisotopic (exact) mass is 429 g/mol. The van der Waals surface area contributed by atoms with Gasteiger partial charge in [-0.25, -0.2) is 12.8 Å². The van der Waals surface area contributed by atoms with Gasteiger partial charge in [-0.05, 0) is 48.9 Å². The normalized spacial score (nSPS) is 11.6. The SMILES string of the molecule is CCC(=O)Nc1c(C)noc1C=Cc1ccc(S(=O)(=O)Nc2cccc(F)c2)cc1. The number of carbonyl (C=O) groups is 1. The van der Waals surface area contributed by atoms with Gasteiger partial charge in [0.1, 0.15) is 17.2 Å². The van der Waals surface area contributed by atoms with E-state index in [-0.39, 0.29) is 16.5 Å². The Balaban J connectivity index is 1.75. The van der Waals surface area contributed by atoms with Gasteiger partial charge in [0.2, 0.25) is 5.91 Å². The molecule has 2 N–H and O–H groups in total. The first-order valence-corrected chi connectivity index (χ1v) is 10.6. The molecule has 3 aromatic rings. The lowest BCUT2D eigenvalue weighted by Crippen LogP contribution is -2.12. The number of amides is 1. The van der Waals surface area contributed by atoms with E-state index in [0.29, 0.717) is 29.1 Å². The maximum atomic E-state index is 13.3. The molecule has 156 valence electrons. The maximum Gasteiger partial charge on any atom is 0.261 e. The second-order valence-electron chi connectivity index (χ2n) is 6.43. The number of benzene rings is 2. The van der Waals surface area contributed by atoms with Crippen molar-refractivity contribution in [3.63, 3.8) is 0 Å². The predicted molar refractivity (Wildman–Crippen MR) is 113 cm³/mol. The summed E-state index contributed by atoms with van der Waals surface area (Å²) in [5.74, 6) is -0.303. The smallest absolute Gasteiger partial charge is 0.261 e. The van der Waals surface area contributed by atoms with Gasteiger partial charge in [-0.2, -0.15) is 0 Å². The Hall–Kier alpha value is -3.46. The lowest BCUT2D eigenvalue weighted by Gasteiger charge is -2.08. The molecular formula is C21H20FN3O4S. The van der Waals surface area contributed by atoms with Crippen molar-refractivity contribution in [2.45, 2.75) is 25.2 Å². The molecule has 0 aliphatic heterocycles. The zero-order valence-electron chi connectivity index (χ0n) is 16.3. The molecule has 2 aromatic carbocycles. The number of aryl methyl sites for hydroxylation is 1. The van der Waals surface area contributed by atoms with Gasteiger partial charge in [-0.15, -0.1) is 0 Å². The van der Waals surface area contributed by atoms with Crippen LogP contribution >= 0.6 is 0 Å². The van der Waals surface area contributed by atoms with Crippen LogP contribution in [-0.4, -0.2) is 19.5 Å². The zero-order chi connectivity index (χ0) is 21.7. The molecule has 0 saturated heterocycles. The number of nitrogens with zero attached hydrogens (tertiary/aromatic N) is 1. The van der Waals surface area contributed by atoms with E-state index in [4.69, 9.17) is 4.52 Å². The Morgan fingerprint density at radius 1 is 1.17 bits per heavy atom. The largest absolute Gasteiger partial charge is 0.354 e. The van der Waals surface area contributed by atoms with Crippen LogP contribution in [0.3, 0.4) is 0 Å². The van der Waals surface area contributed by atoms with E-state index < -0.39 is 15.8 Å². The second kappa shape index (κ2) is 8.91. The number of aromatic nitrogens is 1. The first kappa shape index (κ1) is 21.3. The van der Waals surface area contributed by atoms with Crippen LogP contribution in [-0.2, 0) is 14.8 Å². The van der Waals surface area contributed by atoms with Crippen LogP contribution < -0.4 is 10.0 Å². The van der Waals surface area contributed by atoms with Gasteiger partial charge in [0.25, 0.3) is 10.0 Å². The molecule has 30 heavy (non-hydrogen) atoms. The molecule has 0 aliphatic carbocycles. The summed E-state index contributed by atoms with van der Waals surface area (Å²) in [6.45, 7) is 3.46. The highest BCUT2D eigenvalue weighted by Crippen LogP contribution is 2.23. The lowest BCUT2D eigenvalue weighted by molar-refractivity contribution is -0.115. The fourth-order valence-electron chi connectivity index (χ4n) is 2.58. The van der Waals surface area contributed by atoms with Crippen LogP contribution in [0.25, 0.3) is 12.2 Å². The minimum atomic E-state index is -3.85. The molecule has 0 radical (unpaired) electrons. The van der Waals surface area contributed by atoms with Crippen molar-refractivity contribution in [3.05, 3.63) is 71.4 Å². The Labute approximate surface area is 173 Å².